The summed E-state index contributed by atoms with van der Waals surface area (Å²) in [4.78, 5) is 19.0. The number of allylic oxidation sites excluding steroid dienone is 1. The van der Waals surface area contributed by atoms with E-state index in [0.717, 1.165) is 35.7 Å². The van der Waals surface area contributed by atoms with Crippen molar-refractivity contribution in [2.24, 2.45) is 5.41 Å². The lowest BCUT2D eigenvalue weighted by Gasteiger charge is -2.37. The molecule has 1 aromatic rings. The zero-order valence-electron chi connectivity index (χ0n) is 13.4. The fraction of sp³-hybridized carbons (Fsp3) is 0.500. The molecule has 5 nitrogen and oxygen atoms in total. The summed E-state index contributed by atoms with van der Waals surface area (Å²) >= 11 is 0. The highest BCUT2D eigenvalue weighted by molar-refractivity contribution is 6.10. The van der Waals surface area contributed by atoms with Crippen molar-refractivity contribution in [2.75, 3.05) is 25.5 Å². The number of carbonyl (C=O) groups is 1. The maximum atomic E-state index is 12.4. The van der Waals surface area contributed by atoms with E-state index in [2.05, 4.69) is 21.3 Å². The lowest BCUT2D eigenvalue weighted by atomic mass is 9.86. The molecule has 5 heteroatoms. The van der Waals surface area contributed by atoms with Crippen LogP contribution >= 0.6 is 0 Å². The minimum atomic E-state index is -0.0827. The first kappa shape index (κ1) is 14.3. The molecule has 0 atom stereocenters. The number of nitrogens with zero attached hydrogens (tertiary/aromatic N) is 3. The van der Waals surface area contributed by atoms with E-state index in [-0.39, 0.29) is 12.2 Å². The van der Waals surface area contributed by atoms with Crippen molar-refractivity contribution in [2.45, 2.75) is 32.1 Å². The molecule has 3 aliphatic rings. The number of ketones is 1. The first-order valence-electron chi connectivity index (χ1n) is 8.25. The van der Waals surface area contributed by atoms with E-state index in [4.69, 9.17) is 0 Å². The van der Waals surface area contributed by atoms with Crippen molar-refractivity contribution >= 4 is 17.3 Å². The van der Waals surface area contributed by atoms with E-state index in [0.29, 0.717) is 11.0 Å². The van der Waals surface area contributed by atoms with E-state index in [1.807, 2.05) is 13.1 Å². The highest BCUT2D eigenvalue weighted by Gasteiger charge is 2.45. The molecule has 0 aromatic carbocycles. The number of Topliss-reactive ketones (excluding diaryl/α,β-unsaturated/α-hetero) is 1. The van der Waals surface area contributed by atoms with Crippen LogP contribution in [0.1, 0.15) is 36.8 Å². The predicted molar refractivity (Wildman–Crippen MR) is 87.5 cm³/mol. The number of anilines is 1. The third kappa shape index (κ3) is 2.29. The van der Waals surface area contributed by atoms with Crippen LogP contribution in [0.5, 0.6) is 0 Å². The van der Waals surface area contributed by atoms with Gasteiger partial charge in [0.25, 0.3) is 0 Å². The summed E-state index contributed by atoms with van der Waals surface area (Å²) in [6.07, 6.45) is 7.06. The Morgan fingerprint density at radius 3 is 2.65 bits per heavy atom. The second-order valence-corrected chi connectivity index (χ2v) is 6.90. The van der Waals surface area contributed by atoms with Crippen LogP contribution in [0.25, 0.3) is 5.70 Å². The molecule has 1 aromatic heterocycles. The molecule has 118 valence electrons. The van der Waals surface area contributed by atoms with Crippen molar-refractivity contribution in [3.05, 3.63) is 29.0 Å². The minimum Gasteiger partial charge on any atom is -0.373 e. The predicted octanol–water partition coefficient (Wildman–Crippen LogP) is 2.36. The SMILES string of the molecule is CNc1cc2c(cn1)CC(=O)C(C#N)=C2N1CCC2(CC1)CC2. The topological polar surface area (TPSA) is 69.0 Å². The fourth-order valence-electron chi connectivity index (χ4n) is 3.84. The molecule has 1 spiro atoms. The van der Waals surface area contributed by atoms with Gasteiger partial charge in [-0.05, 0) is 42.7 Å². The summed E-state index contributed by atoms with van der Waals surface area (Å²) in [5.74, 6) is 0.685. The molecule has 4 rings (SSSR count). The van der Waals surface area contributed by atoms with Crippen LogP contribution in [-0.4, -0.2) is 35.8 Å². The van der Waals surface area contributed by atoms with Crippen LogP contribution in [-0.2, 0) is 11.2 Å². The Kier molecular flexibility index (Phi) is 3.15. The number of rotatable bonds is 2. The van der Waals surface area contributed by atoms with Crippen LogP contribution in [0.3, 0.4) is 0 Å². The van der Waals surface area contributed by atoms with Crippen LogP contribution in [0.2, 0.25) is 0 Å². The lowest BCUT2D eigenvalue weighted by molar-refractivity contribution is -0.114. The van der Waals surface area contributed by atoms with Gasteiger partial charge < -0.3 is 10.2 Å². The van der Waals surface area contributed by atoms with Crippen LogP contribution < -0.4 is 5.32 Å². The van der Waals surface area contributed by atoms with E-state index in [9.17, 15) is 10.1 Å². The number of hydrogen-bond acceptors (Lipinski definition) is 5. The van der Waals surface area contributed by atoms with Crippen LogP contribution in [0.4, 0.5) is 5.82 Å². The average Bonchev–Trinajstić information content (AvgIpc) is 3.33. The Bertz CT molecular complexity index is 745. The molecule has 1 aliphatic heterocycles. The molecular formula is C18H20N4O. The summed E-state index contributed by atoms with van der Waals surface area (Å²) in [7, 11) is 1.83. The van der Waals surface area contributed by atoms with Gasteiger partial charge in [0.2, 0.25) is 0 Å². The van der Waals surface area contributed by atoms with Crippen molar-refractivity contribution in [3.63, 3.8) is 0 Å². The number of aromatic nitrogens is 1. The second-order valence-electron chi connectivity index (χ2n) is 6.90. The average molecular weight is 308 g/mol. The standard InChI is InChI=1S/C18H20N4O/c1-20-16-9-13-12(11-21-16)8-15(23)14(10-19)17(13)22-6-4-18(2-3-18)5-7-22/h9,11H,2-8H2,1H3,(H,20,21). The summed E-state index contributed by atoms with van der Waals surface area (Å²) in [5, 5.41) is 12.6. The van der Waals surface area contributed by atoms with E-state index >= 15 is 0 Å². The van der Waals surface area contributed by atoms with Gasteiger partial charge in [-0.2, -0.15) is 5.26 Å². The quantitative estimate of drug-likeness (QED) is 0.908. The maximum absolute atomic E-state index is 12.4. The Hall–Kier alpha value is -2.35. The molecule has 2 aliphatic carbocycles. The third-order valence-electron chi connectivity index (χ3n) is 5.57. The van der Waals surface area contributed by atoms with Gasteiger partial charge in [-0.25, -0.2) is 4.98 Å². The maximum Gasteiger partial charge on any atom is 0.179 e. The van der Waals surface area contributed by atoms with E-state index in [1.165, 1.54) is 25.7 Å². The summed E-state index contributed by atoms with van der Waals surface area (Å²) in [6.45, 7) is 1.87. The fourth-order valence-corrected chi connectivity index (χ4v) is 3.84. The molecule has 23 heavy (non-hydrogen) atoms. The Morgan fingerprint density at radius 2 is 2.04 bits per heavy atom. The largest absolute Gasteiger partial charge is 0.373 e. The van der Waals surface area contributed by atoms with Crippen LogP contribution in [0, 0.1) is 16.7 Å². The highest BCUT2D eigenvalue weighted by Crippen LogP contribution is 2.54. The number of hydrogen-bond donors (Lipinski definition) is 1. The third-order valence-corrected chi connectivity index (χ3v) is 5.57. The molecule has 1 saturated heterocycles. The number of nitrogens with one attached hydrogen (secondary N) is 1. The normalized spacial score (nSPS) is 21.9. The van der Waals surface area contributed by atoms with Crippen molar-refractivity contribution in [1.82, 2.24) is 9.88 Å². The van der Waals surface area contributed by atoms with Gasteiger partial charge in [0.1, 0.15) is 17.5 Å². The second kappa shape index (κ2) is 5.09. The van der Waals surface area contributed by atoms with E-state index in [1.54, 1.807) is 6.20 Å². The van der Waals surface area contributed by atoms with Gasteiger partial charge in [-0.3, -0.25) is 4.79 Å². The minimum absolute atomic E-state index is 0.0827. The van der Waals surface area contributed by atoms with Gasteiger partial charge >= 0.3 is 0 Å². The van der Waals surface area contributed by atoms with Crippen LogP contribution in [0.15, 0.2) is 17.8 Å². The van der Waals surface area contributed by atoms with Crippen molar-refractivity contribution < 1.29 is 4.79 Å². The van der Waals surface area contributed by atoms with Gasteiger partial charge in [0.05, 0.1) is 5.70 Å². The molecule has 1 N–H and O–H groups in total. The first-order valence-corrected chi connectivity index (χ1v) is 8.25. The Balaban J connectivity index is 1.77. The number of likely N-dealkylation sites (tertiary alicyclic amines) is 1. The summed E-state index contributed by atoms with van der Waals surface area (Å²) in [6, 6.07) is 4.13. The van der Waals surface area contributed by atoms with Crippen molar-refractivity contribution in [3.8, 4) is 6.07 Å². The molecule has 0 unspecified atom stereocenters. The van der Waals surface area contributed by atoms with Gasteiger partial charge in [0, 0.05) is 38.3 Å². The zero-order valence-corrected chi connectivity index (χ0v) is 13.4. The molecular weight excluding hydrogens is 288 g/mol. The summed E-state index contributed by atoms with van der Waals surface area (Å²) in [5.41, 5.74) is 3.63. The number of nitriles is 1. The number of pyridine rings is 1. The molecule has 1 saturated carbocycles. The van der Waals surface area contributed by atoms with Gasteiger partial charge in [-0.1, -0.05) is 0 Å². The van der Waals surface area contributed by atoms with Crippen molar-refractivity contribution in [1.29, 1.82) is 5.26 Å². The lowest BCUT2D eigenvalue weighted by Crippen LogP contribution is -2.36. The Morgan fingerprint density at radius 1 is 1.30 bits per heavy atom. The number of fused-ring (bicyclic) bond motifs is 1. The zero-order chi connectivity index (χ0) is 16.0. The molecule has 2 fully saturated rings. The molecule has 2 heterocycles. The van der Waals surface area contributed by atoms with Gasteiger partial charge in [-0.15, -0.1) is 0 Å². The summed E-state index contributed by atoms with van der Waals surface area (Å²) < 4.78 is 0. The highest BCUT2D eigenvalue weighted by atomic mass is 16.1. The first-order chi connectivity index (χ1) is 11.2. The molecule has 0 bridgehead atoms. The smallest absolute Gasteiger partial charge is 0.179 e. The van der Waals surface area contributed by atoms with E-state index < -0.39 is 0 Å². The van der Waals surface area contributed by atoms with Gasteiger partial charge in [0.15, 0.2) is 5.78 Å². The Labute approximate surface area is 136 Å². The number of carbonyl (C=O) groups excluding carboxylic acids is 1. The molecule has 0 amide bonds. The monoisotopic (exact) mass is 308 g/mol. The molecule has 0 radical (unpaired) electrons. The number of piperidine rings is 1.